The van der Waals surface area contributed by atoms with Crippen LogP contribution in [0.4, 0.5) is 4.79 Å². The smallest absolute Gasteiger partial charge is 0.424 e. The summed E-state index contributed by atoms with van der Waals surface area (Å²) in [5, 5.41) is 5.74. The van der Waals surface area contributed by atoms with Gasteiger partial charge in [-0.2, -0.15) is 4.90 Å². The summed E-state index contributed by atoms with van der Waals surface area (Å²) in [6.07, 6.45) is 4.72. The molecule has 0 aromatic rings. The summed E-state index contributed by atoms with van der Waals surface area (Å²) in [7, 11) is 0. The van der Waals surface area contributed by atoms with E-state index in [4.69, 9.17) is 19.9 Å². The molecule has 4 spiro atoms. The van der Waals surface area contributed by atoms with Gasteiger partial charge in [0.2, 0.25) is 23.6 Å². The lowest BCUT2D eigenvalue weighted by molar-refractivity contribution is -0.159. The molecule has 4 aliphatic heterocycles. The van der Waals surface area contributed by atoms with Crippen LogP contribution in [0.3, 0.4) is 0 Å². The first-order valence-corrected chi connectivity index (χ1v) is 15.1. The molecule has 13 heteroatoms. The Bertz CT molecular complexity index is 1130. The van der Waals surface area contributed by atoms with Gasteiger partial charge in [0.1, 0.15) is 5.60 Å². The molecule has 0 aromatic heterocycles. The molecule has 2 saturated carbocycles. The number of nitrogens with zero attached hydrogens (tertiary/aromatic N) is 2. The quantitative estimate of drug-likeness (QED) is 0.381. The van der Waals surface area contributed by atoms with Crippen LogP contribution in [-0.2, 0) is 33.4 Å². The fourth-order valence-corrected chi connectivity index (χ4v) is 6.22. The lowest BCUT2D eigenvalue weighted by Gasteiger charge is -2.38. The number of piperidine rings is 2. The zero-order valence-corrected chi connectivity index (χ0v) is 25.1. The third-order valence-electron chi connectivity index (χ3n) is 9.18. The van der Waals surface area contributed by atoms with Crippen molar-refractivity contribution in [3.05, 3.63) is 0 Å². The molecule has 234 valence electrons. The Kier molecular flexibility index (Phi) is 8.29. The van der Waals surface area contributed by atoms with Crippen molar-refractivity contribution >= 4 is 29.7 Å². The van der Waals surface area contributed by atoms with Crippen molar-refractivity contribution in [1.82, 2.24) is 20.4 Å². The highest BCUT2D eigenvalue weighted by Crippen LogP contribution is 2.46. The van der Waals surface area contributed by atoms with Gasteiger partial charge in [-0.1, -0.05) is 0 Å². The highest BCUT2D eigenvalue weighted by Gasteiger charge is 2.56. The number of amides is 5. The van der Waals surface area contributed by atoms with Crippen molar-refractivity contribution in [2.24, 2.45) is 16.6 Å². The molecule has 6 aliphatic rings. The largest absolute Gasteiger partial charge is 0.443 e. The van der Waals surface area contributed by atoms with Crippen molar-refractivity contribution < 1.29 is 38.2 Å². The maximum absolute atomic E-state index is 12.9. The van der Waals surface area contributed by atoms with Crippen LogP contribution in [0, 0.1) is 10.8 Å². The minimum Gasteiger partial charge on any atom is -0.443 e. The molecular formula is C29H45N5O8. The maximum Gasteiger partial charge on any atom is 0.424 e. The summed E-state index contributed by atoms with van der Waals surface area (Å²) >= 11 is 0. The van der Waals surface area contributed by atoms with Gasteiger partial charge in [-0.3, -0.25) is 29.4 Å². The number of imide groups is 4. The third kappa shape index (κ3) is 6.54. The number of nitrogens with one attached hydrogen (secondary N) is 2. The van der Waals surface area contributed by atoms with E-state index in [0.717, 1.165) is 38.8 Å². The van der Waals surface area contributed by atoms with Gasteiger partial charge in [0.05, 0.1) is 35.2 Å². The van der Waals surface area contributed by atoms with E-state index in [2.05, 4.69) is 15.5 Å². The number of rotatable bonds is 2. The molecular weight excluding hydrogens is 546 g/mol. The number of likely N-dealkylation sites (tertiary alicyclic amines) is 1. The minimum atomic E-state index is -0.892. The molecule has 2 unspecified atom stereocenters. The Morgan fingerprint density at radius 2 is 1.55 bits per heavy atom. The van der Waals surface area contributed by atoms with Crippen LogP contribution in [0.2, 0.25) is 0 Å². The Morgan fingerprint density at radius 3 is 2.17 bits per heavy atom. The van der Waals surface area contributed by atoms with Crippen LogP contribution in [0.25, 0.3) is 0 Å². The molecule has 42 heavy (non-hydrogen) atoms. The summed E-state index contributed by atoms with van der Waals surface area (Å²) in [5.74, 6) is -1.36. The molecule has 6 rings (SSSR count). The van der Waals surface area contributed by atoms with Gasteiger partial charge in [-0.15, -0.1) is 0 Å². The average molecular weight is 592 g/mol. The molecule has 0 bridgehead atoms. The van der Waals surface area contributed by atoms with Crippen molar-refractivity contribution in [3.63, 3.8) is 0 Å². The van der Waals surface area contributed by atoms with Gasteiger partial charge in [0, 0.05) is 52.1 Å². The van der Waals surface area contributed by atoms with Crippen LogP contribution in [-0.4, -0.2) is 109 Å². The molecule has 4 heterocycles. The molecule has 2 aliphatic carbocycles. The predicted molar refractivity (Wildman–Crippen MR) is 149 cm³/mol. The summed E-state index contributed by atoms with van der Waals surface area (Å²) < 4.78 is 17.2. The van der Waals surface area contributed by atoms with Crippen LogP contribution in [0.5, 0.6) is 0 Å². The fraction of sp³-hybridized carbons (Fsp3) is 0.828. The maximum atomic E-state index is 12.9. The topological polar surface area (TPSA) is 170 Å². The number of carbonyl (C=O) groups excluding carboxylic acids is 5. The van der Waals surface area contributed by atoms with E-state index < -0.39 is 34.3 Å². The first-order chi connectivity index (χ1) is 19.7. The van der Waals surface area contributed by atoms with E-state index in [1.165, 1.54) is 0 Å². The van der Waals surface area contributed by atoms with Gasteiger partial charge in [0.25, 0.3) is 0 Å². The molecule has 4 saturated heterocycles. The number of nitrogens with two attached hydrogens (primary N) is 1. The molecule has 5 amide bonds. The van der Waals surface area contributed by atoms with E-state index in [9.17, 15) is 24.0 Å². The summed E-state index contributed by atoms with van der Waals surface area (Å²) in [4.78, 5) is 63.8. The zero-order valence-electron chi connectivity index (χ0n) is 25.1. The molecule has 0 aromatic carbocycles. The highest BCUT2D eigenvalue weighted by molar-refractivity contribution is 6.12. The van der Waals surface area contributed by atoms with Gasteiger partial charge < -0.3 is 25.3 Å². The van der Waals surface area contributed by atoms with E-state index in [-0.39, 0.29) is 36.0 Å². The Hall–Kier alpha value is -2.45. The second-order valence-electron chi connectivity index (χ2n) is 14.0. The van der Waals surface area contributed by atoms with Gasteiger partial charge in [0.15, 0.2) is 0 Å². The lowest BCUT2D eigenvalue weighted by Crippen LogP contribution is -2.58. The summed E-state index contributed by atoms with van der Waals surface area (Å²) in [5.41, 5.74) is 3.25. The first-order valence-electron chi connectivity index (χ1n) is 15.1. The number of hydrogen-bond donors (Lipinski definition) is 3. The SMILES string of the molecule is CC(C)(C)OC(=O)N1C(=O)CCC2(CNCC3(CC3)OC2)C1=O.NCCN1CC2(CC2)OCC2(CCC(=O)NC2=O)C1. The Balaban J connectivity index is 0.000000171. The van der Waals surface area contributed by atoms with Crippen LogP contribution in [0.15, 0.2) is 0 Å². The molecule has 13 nitrogen and oxygen atoms in total. The predicted octanol–water partition coefficient (Wildman–Crippen LogP) is 0.442. The van der Waals surface area contributed by atoms with Crippen molar-refractivity contribution in [2.45, 2.75) is 88.9 Å². The van der Waals surface area contributed by atoms with Crippen LogP contribution < -0.4 is 16.4 Å². The molecule has 0 radical (unpaired) electrons. The van der Waals surface area contributed by atoms with Crippen molar-refractivity contribution in [2.75, 3.05) is 52.5 Å². The van der Waals surface area contributed by atoms with Gasteiger partial charge >= 0.3 is 6.09 Å². The summed E-state index contributed by atoms with van der Waals surface area (Å²) in [6, 6.07) is 0. The zero-order chi connectivity index (χ0) is 30.4. The van der Waals surface area contributed by atoms with Crippen molar-refractivity contribution in [1.29, 1.82) is 0 Å². The van der Waals surface area contributed by atoms with Crippen LogP contribution >= 0.6 is 0 Å². The number of hydrogen-bond acceptors (Lipinski definition) is 11. The average Bonchev–Trinajstić information content (AvgIpc) is 3.83. The molecule has 6 fully saturated rings. The number of ether oxygens (including phenoxy) is 3. The van der Waals surface area contributed by atoms with Crippen molar-refractivity contribution in [3.8, 4) is 0 Å². The second kappa shape index (κ2) is 11.2. The van der Waals surface area contributed by atoms with E-state index in [1.807, 2.05) is 0 Å². The van der Waals surface area contributed by atoms with E-state index in [0.29, 0.717) is 56.9 Å². The first kappa shape index (κ1) is 31.0. The fourth-order valence-electron chi connectivity index (χ4n) is 6.22. The minimum absolute atomic E-state index is 0.0552. The Morgan fingerprint density at radius 1 is 0.905 bits per heavy atom. The summed E-state index contributed by atoms with van der Waals surface area (Å²) in [6.45, 7) is 9.74. The van der Waals surface area contributed by atoms with Crippen LogP contribution in [0.1, 0.15) is 72.1 Å². The normalized spacial score (nSPS) is 32.2. The highest BCUT2D eigenvalue weighted by atomic mass is 16.6. The van der Waals surface area contributed by atoms with E-state index >= 15 is 0 Å². The third-order valence-corrected chi connectivity index (χ3v) is 9.18. The number of carbonyl (C=O) groups is 5. The van der Waals surface area contributed by atoms with Gasteiger partial charge in [-0.05, 0) is 59.3 Å². The van der Waals surface area contributed by atoms with E-state index in [1.54, 1.807) is 20.8 Å². The molecule has 4 N–H and O–H groups in total. The monoisotopic (exact) mass is 591 g/mol. The standard InChI is InChI=1S/C16H24N2O5.C13H21N3O3/c1-14(2,3)23-13(21)18-11(19)4-5-15(12(18)20)8-17-9-16(6-7-16)22-10-15;14-5-6-16-7-12(2-1-10(17)15-11(12)18)9-19-13(8-16)3-4-13/h17H,4-10H2,1-3H3;1-9,14H2,(H,15,17,18). The van der Waals surface area contributed by atoms with Gasteiger partial charge in [-0.25, -0.2) is 4.79 Å². The molecule has 2 atom stereocenters. The lowest BCUT2D eigenvalue weighted by atomic mass is 9.79. The second-order valence-corrected chi connectivity index (χ2v) is 14.0. The Labute approximate surface area is 246 Å².